The van der Waals surface area contributed by atoms with Crippen molar-refractivity contribution in [1.29, 1.82) is 0 Å². The maximum absolute atomic E-state index is 13.0. The first-order chi connectivity index (χ1) is 18.3. The first-order valence-electron chi connectivity index (χ1n) is 11.7. The largest absolute Gasteiger partial charge is 0.478 e. The van der Waals surface area contributed by atoms with Crippen molar-refractivity contribution in [3.05, 3.63) is 115 Å². The fourth-order valence-corrected chi connectivity index (χ4v) is 4.55. The summed E-state index contributed by atoms with van der Waals surface area (Å²) in [6.07, 6.45) is 1.03. The van der Waals surface area contributed by atoms with Crippen LogP contribution in [0, 0.1) is 0 Å². The van der Waals surface area contributed by atoms with E-state index in [-0.39, 0.29) is 5.56 Å². The number of rotatable bonds is 4. The summed E-state index contributed by atoms with van der Waals surface area (Å²) in [5.41, 5.74) is 3.91. The molecule has 38 heavy (non-hydrogen) atoms. The summed E-state index contributed by atoms with van der Waals surface area (Å²) in [4.78, 5) is 20.7. The van der Waals surface area contributed by atoms with Gasteiger partial charge in [0.05, 0.1) is 16.8 Å². The Bertz CT molecular complexity index is 1790. The fourth-order valence-electron chi connectivity index (χ4n) is 4.55. The Hall–Kier alpha value is -4.98. The highest BCUT2D eigenvalue weighted by Crippen LogP contribution is 2.35. The number of hydrogen-bond acceptors (Lipinski definition) is 3. The van der Waals surface area contributed by atoms with Crippen molar-refractivity contribution in [3.8, 4) is 33.5 Å². The van der Waals surface area contributed by atoms with Gasteiger partial charge in [-0.3, -0.25) is 4.40 Å². The molecule has 2 heterocycles. The predicted octanol–water partition coefficient (Wildman–Crippen LogP) is 7.60. The van der Waals surface area contributed by atoms with Crippen molar-refractivity contribution in [2.75, 3.05) is 0 Å². The van der Waals surface area contributed by atoms with Crippen molar-refractivity contribution in [2.45, 2.75) is 6.18 Å². The van der Waals surface area contributed by atoms with Gasteiger partial charge in [-0.25, -0.2) is 14.8 Å². The number of benzene rings is 4. The molecule has 8 heteroatoms. The lowest BCUT2D eigenvalue weighted by Gasteiger charge is -2.12. The molecule has 0 aliphatic heterocycles. The second kappa shape index (κ2) is 8.85. The molecule has 0 atom stereocenters. The number of carbonyl (C=O) groups is 1. The SMILES string of the molecule is O=C(O)c1cc(-c2ccc(-c3cn4cccnc4n3)cc2)c2ccc(-c3ccc(C(F)(F)F)cc3)cc2c1. The molecule has 1 N–H and O–H groups in total. The number of nitrogens with zero attached hydrogens (tertiary/aromatic N) is 3. The molecule has 0 radical (unpaired) electrons. The van der Waals surface area contributed by atoms with Gasteiger partial charge < -0.3 is 5.11 Å². The molecular formula is C30H18F3N3O2. The van der Waals surface area contributed by atoms with Gasteiger partial charge in [0.25, 0.3) is 0 Å². The summed E-state index contributed by atoms with van der Waals surface area (Å²) in [6, 6.07) is 23.1. The second-order valence-electron chi connectivity index (χ2n) is 8.87. The second-order valence-corrected chi connectivity index (χ2v) is 8.87. The Kier molecular flexibility index (Phi) is 5.45. The maximum atomic E-state index is 13.0. The van der Waals surface area contributed by atoms with Crippen molar-refractivity contribution >= 4 is 22.5 Å². The van der Waals surface area contributed by atoms with Crippen LogP contribution in [0.5, 0.6) is 0 Å². The Balaban J connectivity index is 1.41. The number of carboxylic acids is 1. The van der Waals surface area contributed by atoms with Crippen molar-refractivity contribution < 1.29 is 23.1 Å². The molecule has 0 unspecified atom stereocenters. The number of carboxylic acid groups (broad SMARTS) is 1. The van der Waals surface area contributed by atoms with E-state index in [2.05, 4.69) is 9.97 Å². The Morgan fingerprint density at radius 3 is 2.18 bits per heavy atom. The van der Waals surface area contributed by atoms with Crippen LogP contribution < -0.4 is 0 Å². The van der Waals surface area contributed by atoms with E-state index in [0.717, 1.165) is 39.9 Å². The maximum Gasteiger partial charge on any atom is 0.416 e. The van der Waals surface area contributed by atoms with E-state index in [0.29, 0.717) is 22.3 Å². The van der Waals surface area contributed by atoms with Crippen LogP contribution in [-0.2, 0) is 6.18 Å². The quantitative estimate of drug-likeness (QED) is 0.266. The van der Waals surface area contributed by atoms with Gasteiger partial charge in [-0.15, -0.1) is 0 Å². The van der Waals surface area contributed by atoms with E-state index >= 15 is 0 Å². The van der Waals surface area contributed by atoms with Crippen LogP contribution in [0.25, 0.3) is 50.1 Å². The van der Waals surface area contributed by atoms with E-state index in [1.165, 1.54) is 12.1 Å². The fraction of sp³-hybridized carbons (Fsp3) is 0.0333. The molecule has 0 aliphatic rings. The number of fused-ring (bicyclic) bond motifs is 2. The molecule has 0 amide bonds. The molecule has 5 nitrogen and oxygen atoms in total. The van der Waals surface area contributed by atoms with Gasteiger partial charge in [0, 0.05) is 24.2 Å². The minimum atomic E-state index is -4.41. The third-order valence-corrected chi connectivity index (χ3v) is 6.47. The molecule has 0 saturated heterocycles. The van der Waals surface area contributed by atoms with Crippen LogP contribution in [0.2, 0.25) is 0 Å². The number of hydrogen-bond donors (Lipinski definition) is 1. The van der Waals surface area contributed by atoms with Crippen molar-refractivity contribution in [3.63, 3.8) is 0 Å². The lowest BCUT2D eigenvalue weighted by atomic mass is 9.92. The predicted molar refractivity (Wildman–Crippen MR) is 139 cm³/mol. The minimum absolute atomic E-state index is 0.118. The minimum Gasteiger partial charge on any atom is -0.478 e. The Morgan fingerprint density at radius 1 is 0.816 bits per heavy atom. The highest BCUT2D eigenvalue weighted by molar-refractivity contribution is 6.04. The van der Waals surface area contributed by atoms with Crippen LogP contribution >= 0.6 is 0 Å². The summed E-state index contributed by atoms with van der Waals surface area (Å²) in [5.74, 6) is -0.475. The van der Waals surface area contributed by atoms with E-state index in [1.54, 1.807) is 24.4 Å². The molecule has 2 aromatic heterocycles. The first kappa shape index (κ1) is 23.4. The molecule has 4 aromatic carbocycles. The lowest BCUT2D eigenvalue weighted by Crippen LogP contribution is -2.03. The summed E-state index contributed by atoms with van der Waals surface area (Å²) in [5, 5.41) is 11.3. The molecule has 0 bridgehead atoms. The number of alkyl halides is 3. The molecule has 6 aromatic rings. The van der Waals surface area contributed by atoms with Gasteiger partial charge in [-0.1, -0.05) is 48.5 Å². The Labute approximate surface area is 214 Å². The van der Waals surface area contributed by atoms with Crippen LogP contribution in [0.4, 0.5) is 13.2 Å². The van der Waals surface area contributed by atoms with E-state index < -0.39 is 17.7 Å². The Morgan fingerprint density at radius 2 is 1.50 bits per heavy atom. The number of imidazole rings is 1. The zero-order chi connectivity index (χ0) is 26.4. The molecule has 0 fully saturated rings. The standard InChI is InChI=1S/C30H18F3N3O2/c31-30(32,33)24-9-6-18(7-10-24)21-8-11-25-22(14-21)15-23(28(37)38)16-26(25)19-2-4-20(5-3-19)27-17-36-13-1-12-34-29(36)35-27/h1-17H,(H,37,38). The topological polar surface area (TPSA) is 67.5 Å². The third-order valence-electron chi connectivity index (χ3n) is 6.47. The lowest BCUT2D eigenvalue weighted by molar-refractivity contribution is -0.137. The molecule has 186 valence electrons. The van der Waals surface area contributed by atoms with Gasteiger partial charge in [-0.2, -0.15) is 13.2 Å². The van der Waals surface area contributed by atoms with E-state index in [9.17, 15) is 23.1 Å². The van der Waals surface area contributed by atoms with Crippen LogP contribution in [0.3, 0.4) is 0 Å². The molecule has 0 spiro atoms. The van der Waals surface area contributed by atoms with Gasteiger partial charge in [-0.05, 0) is 69.4 Å². The van der Waals surface area contributed by atoms with Gasteiger partial charge >= 0.3 is 12.1 Å². The molecule has 6 rings (SSSR count). The normalized spacial score (nSPS) is 11.8. The summed E-state index contributed by atoms with van der Waals surface area (Å²) < 4.78 is 40.7. The highest BCUT2D eigenvalue weighted by atomic mass is 19.4. The smallest absolute Gasteiger partial charge is 0.416 e. The first-order valence-corrected chi connectivity index (χ1v) is 11.7. The average Bonchev–Trinajstić information content (AvgIpc) is 3.36. The number of aromatic carboxylic acids is 1. The van der Waals surface area contributed by atoms with Gasteiger partial charge in [0.15, 0.2) is 0 Å². The average molecular weight is 509 g/mol. The monoisotopic (exact) mass is 509 g/mol. The zero-order valence-corrected chi connectivity index (χ0v) is 19.6. The van der Waals surface area contributed by atoms with Crippen LogP contribution in [0.1, 0.15) is 15.9 Å². The molecule has 0 saturated carbocycles. The molecular weight excluding hydrogens is 491 g/mol. The summed E-state index contributed by atoms with van der Waals surface area (Å²) in [6.45, 7) is 0. The third kappa shape index (κ3) is 4.26. The summed E-state index contributed by atoms with van der Waals surface area (Å²) in [7, 11) is 0. The van der Waals surface area contributed by atoms with E-state index in [4.69, 9.17) is 0 Å². The number of halogens is 3. The van der Waals surface area contributed by atoms with Crippen LogP contribution in [0.15, 0.2) is 104 Å². The van der Waals surface area contributed by atoms with Crippen molar-refractivity contribution in [1.82, 2.24) is 14.4 Å². The van der Waals surface area contributed by atoms with E-state index in [1.807, 2.05) is 59.3 Å². The zero-order valence-electron chi connectivity index (χ0n) is 19.6. The van der Waals surface area contributed by atoms with Gasteiger partial charge in [0.2, 0.25) is 5.78 Å². The highest BCUT2D eigenvalue weighted by Gasteiger charge is 2.30. The van der Waals surface area contributed by atoms with Crippen molar-refractivity contribution in [2.24, 2.45) is 0 Å². The summed E-state index contributed by atoms with van der Waals surface area (Å²) >= 11 is 0. The van der Waals surface area contributed by atoms with Gasteiger partial charge in [0.1, 0.15) is 0 Å². The number of aromatic nitrogens is 3. The van der Waals surface area contributed by atoms with Crippen LogP contribution in [-0.4, -0.2) is 25.4 Å². The molecule has 0 aliphatic carbocycles.